The highest BCUT2D eigenvalue weighted by Crippen LogP contribution is 2.28. The predicted octanol–water partition coefficient (Wildman–Crippen LogP) is 5.57. The van der Waals surface area contributed by atoms with Gasteiger partial charge in [0, 0.05) is 19.0 Å². The lowest BCUT2D eigenvalue weighted by Gasteiger charge is -2.36. The maximum absolute atomic E-state index is 14.4. The van der Waals surface area contributed by atoms with Crippen LogP contribution in [0.15, 0.2) is 48.5 Å². The molecular formula is C32H45N3O5. The van der Waals surface area contributed by atoms with Crippen molar-refractivity contribution in [1.29, 1.82) is 0 Å². The number of rotatable bonds is 10. The number of aryl methyl sites for hydroxylation is 1. The van der Waals surface area contributed by atoms with Crippen molar-refractivity contribution in [3.05, 3.63) is 65.2 Å². The lowest BCUT2D eigenvalue weighted by molar-refractivity contribution is -0.143. The number of phenols is 1. The minimum Gasteiger partial charge on any atom is -0.508 e. The average Bonchev–Trinajstić information content (AvgIpc) is 2.89. The summed E-state index contributed by atoms with van der Waals surface area (Å²) >= 11 is 0. The van der Waals surface area contributed by atoms with Crippen molar-refractivity contribution in [2.45, 2.75) is 103 Å². The summed E-state index contributed by atoms with van der Waals surface area (Å²) < 4.78 is 5.49. The highest BCUT2D eigenvalue weighted by Gasteiger charge is 2.37. The number of hydrogen-bond acceptors (Lipinski definition) is 5. The molecular weight excluding hydrogens is 506 g/mol. The quantitative estimate of drug-likeness (QED) is 0.358. The summed E-state index contributed by atoms with van der Waals surface area (Å²) in [4.78, 5) is 42.8. The summed E-state index contributed by atoms with van der Waals surface area (Å²) in [7, 11) is 0. The Morgan fingerprint density at radius 1 is 1.02 bits per heavy atom. The predicted molar refractivity (Wildman–Crippen MR) is 156 cm³/mol. The zero-order valence-corrected chi connectivity index (χ0v) is 24.5. The van der Waals surface area contributed by atoms with Gasteiger partial charge in [0.1, 0.15) is 23.4 Å². The molecule has 1 aliphatic rings. The van der Waals surface area contributed by atoms with E-state index in [0.29, 0.717) is 13.0 Å². The number of nitrogens with zero attached hydrogens (tertiary/aromatic N) is 1. The van der Waals surface area contributed by atoms with Crippen LogP contribution >= 0.6 is 0 Å². The Kier molecular flexibility index (Phi) is 11.0. The van der Waals surface area contributed by atoms with Crippen molar-refractivity contribution < 1.29 is 24.2 Å². The maximum atomic E-state index is 14.4. The fourth-order valence-electron chi connectivity index (χ4n) is 5.20. The van der Waals surface area contributed by atoms with Crippen LogP contribution in [0.2, 0.25) is 0 Å². The molecule has 8 heteroatoms. The summed E-state index contributed by atoms with van der Waals surface area (Å²) in [5, 5.41) is 15.7. The lowest BCUT2D eigenvalue weighted by atomic mass is 9.93. The minimum absolute atomic E-state index is 0.0824. The lowest BCUT2D eigenvalue weighted by Crippen LogP contribution is -2.54. The van der Waals surface area contributed by atoms with Crippen LogP contribution in [0, 0.1) is 6.92 Å². The van der Waals surface area contributed by atoms with Gasteiger partial charge in [-0.15, -0.1) is 0 Å². The first-order chi connectivity index (χ1) is 19.0. The number of alkyl carbamates (subject to hydrolysis) is 1. The van der Waals surface area contributed by atoms with Gasteiger partial charge in [-0.05, 0) is 75.8 Å². The normalized spacial score (nSPS) is 15.5. The molecule has 1 aliphatic carbocycles. The molecule has 0 bridgehead atoms. The standard InChI is InChI=1S/C32H45N3O5/c1-6-20-35(28(26-15-11-10-12-22(26)2)29(37)33-24-13-8-7-9-14-24)30(38)27(34-31(39)40-32(3,4)5)21-23-16-18-25(36)19-17-23/h10-12,15-19,24,27-28,36H,6-9,13-14,20-21H2,1-5H3,(H,33,37)(H,34,39). The summed E-state index contributed by atoms with van der Waals surface area (Å²) in [6, 6.07) is 12.4. The topological polar surface area (TPSA) is 108 Å². The molecule has 0 aliphatic heterocycles. The van der Waals surface area contributed by atoms with Crippen LogP contribution < -0.4 is 10.6 Å². The average molecular weight is 552 g/mol. The van der Waals surface area contributed by atoms with E-state index in [-0.39, 0.29) is 30.0 Å². The molecule has 40 heavy (non-hydrogen) atoms. The van der Waals surface area contributed by atoms with Crippen LogP contribution in [-0.2, 0) is 20.7 Å². The van der Waals surface area contributed by atoms with Crippen LogP contribution in [0.1, 0.15) is 89.0 Å². The number of ether oxygens (including phenoxy) is 1. The monoisotopic (exact) mass is 551 g/mol. The van der Waals surface area contributed by atoms with Crippen molar-refractivity contribution in [3.63, 3.8) is 0 Å². The van der Waals surface area contributed by atoms with E-state index in [1.807, 2.05) is 38.1 Å². The Bertz CT molecular complexity index is 1140. The number of phenolic OH excluding ortho intramolecular Hbond substituents is 1. The number of aromatic hydroxyl groups is 1. The second-order valence-electron chi connectivity index (χ2n) is 11.7. The van der Waals surface area contributed by atoms with E-state index >= 15 is 0 Å². The van der Waals surface area contributed by atoms with Gasteiger partial charge in [-0.25, -0.2) is 4.79 Å². The van der Waals surface area contributed by atoms with Crippen molar-refractivity contribution >= 4 is 17.9 Å². The molecule has 3 amide bonds. The fourth-order valence-corrected chi connectivity index (χ4v) is 5.20. The number of carbonyl (C=O) groups is 3. The van der Waals surface area contributed by atoms with Crippen LogP contribution in [0.25, 0.3) is 0 Å². The Hall–Kier alpha value is -3.55. The smallest absolute Gasteiger partial charge is 0.408 e. The maximum Gasteiger partial charge on any atom is 0.408 e. The molecule has 2 aromatic carbocycles. The van der Waals surface area contributed by atoms with Crippen molar-refractivity contribution in [2.24, 2.45) is 0 Å². The van der Waals surface area contributed by atoms with E-state index in [1.165, 1.54) is 6.42 Å². The van der Waals surface area contributed by atoms with Crippen molar-refractivity contribution in [3.8, 4) is 5.75 Å². The van der Waals surface area contributed by atoms with Gasteiger partial charge in [0.2, 0.25) is 11.8 Å². The van der Waals surface area contributed by atoms with E-state index in [2.05, 4.69) is 10.6 Å². The van der Waals surface area contributed by atoms with Gasteiger partial charge in [0.25, 0.3) is 0 Å². The van der Waals surface area contributed by atoms with Gasteiger partial charge >= 0.3 is 6.09 Å². The van der Waals surface area contributed by atoms with Crippen molar-refractivity contribution in [2.75, 3.05) is 6.54 Å². The first-order valence-corrected chi connectivity index (χ1v) is 14.4. The molecule has 0 spiro atoms. The second-order valence-corrected chi connectivity index (χ2v) is 11.7. The molecule has 0 heterocycles. The van der Waals surface area contributed by atoms with Crippen LogP contribution in [0.5, 0.6) is 5.75 Å². The summed E-state index contributed by atoms with van der Waals surface area (Å²) in [6.45, 7) is 9.52. The third-order valence-electron chi connectivity index (χ3n) is 7.11. The number of carbonyl (C=O) groups excluding carboxylic acids is 3. The largest absolute Gasteiger partial charge is 0.508 e. The van der Waals surface area contributed by atoms with Gasteiger partial charge in [-0.3, -0.25) is 9.59 Å². The molecule has 3 rings (SSSR count). The van der Waals surface area contributed by atoms with E-state index in [9.17, 15) is 19.5 Å². The van der Waals surface area contributed by atoms with Crippen LogP contribution in [0.4, 0.5) is 4.79 Å². The molecule has 2 unspecified atom stereocenters. The SMILES string of the molecule is CCCN(C(=O)C(Cc1ccc(O)cc1)NC(=O)OC(C)(C)C)C(C(=O)NC1CCCCC1)c1ccccc1C. The number of amides is 3. The Balaban J connectivity index is 1.99. The molecule has 2 aromatic rings. The third kappa shape index (κ3) is 9.00. The highest BCUT2D eigenvalue weighted by atomic mass is 16.6. The van der Waals surface area contributed by atoms with E-state index in [0.717, 1.165) is 42.4 Å². The number of benzene rings is 2. The summed E-state index contributed by atoms with van der Waals surface area (Å²) in [6.07, 6.45) is 5.27. The van der Waals surface area contributed by atoms with Gasteiger partial charge in [-0.2, -0.15) is 0 Å². The van der Waals surface area contributed by atoms with E-state index in [4.69, 9.17) is 4.74 Å². The number of hydrogen-bond donors (Lipinski definition) is 3. The van der Waals surface area contributed by atoms with Crippen LogP contribution in [0.3, 0.4) is 0 Å². The summed E-state index contributed by atoms with van der Waals surface area (Å²) in [5.74, 6) is -0.463. The minimum atomic E-state index is -0.986. The van der Waals surface area contributed by atoms with Gasteiger partial charge < -0.3 is 25.4 Å². The zero-order valence-electron chi connectivity index (χ0n) is 24.5. The molecule has 8 nitrogen and oxygen atoms in total. The van der Waals surface area contributed by atoms with Gasteiger partial charge in [0.15, 0.2) is 0 Å². The zero-order chi connectivity index (χ0) is 29.3. The first-order valence-electron chi connectivity index (χ1n) is 14.4. The Morgan fingerprint density at radius 3 is 2.27 bits per heavy atom. The van der Waals surface area contributed by atoms with Gasteiger partial charge in [0.05, 0.1) is 0 Å². The molecule has 0 aromatic heterocycles. The fraction of sp³-hybridized carbons (Fsp3) is 0.531. The highest BCUT2D eigenvalue weighted by molar-refractivity contribution is 5.92. The third-order valence-corrected chi connectivity index (χ3v) is 7.11. The van der Waals surface area contributed by atoms with E-state index in [1.54, 1.807) is 49.9 Å². The van der Waals surface area contributed by atoms with Gasteiger partial charge in [-0.1, -0.05) is 62.6 Å². The first kappa shape index (κ1) is 31.0. The molecule has 0 saturated heterocycles. The van der Waals surface area contributed by atoms with E-state index < -0.39 is 23.8 Å². The molecule has 218 valence electrons. The summed E-state index contributed by atoms with van der Waals surface area (Å²) in [5.41, 5.74) is 1.68. The Morgan fingerprint density at radius 2 is 1.68 bits per heavy atom. The molecule has 1 fully saturated rings. The molecule has 2 atom stereocenters. The molecule has 0 radical (unpaired) electrons. The second kappa shape index (κ2) is 14.2. The number of nitrogens with one attached hydrogen (secondary N) is 2. The van der Waals surface area contributed by atoms with Crippen LogP contribution in [-0.4, -0.2) is 52.1 Å². The van der Waals surface area contributed by atoms with Crippen molar-refractivity contribution in [1.82, 2.24) is 15.5 Å². The molecule has 3 N–H and O–H groups in total. The Labute approximate surface area is 238 Å². The molecule has 1 saturated carbocycles.